The highest BCUT2D eigenvalue weighted by Crippen LogP contribution is 2.26. The molecule has 1 aromatic rings. The van der Waals surface area contributed by atoms with Crippen LogP contribution in [0.4, 0.5) is 0 Å². The maximum Gasteiger partial charge on any atom is 0.242 e. The summed E-state index contributed by atoms with van der Waals surface area (Å²) in [6, 6.07) is 4.41. The minimum Gasteiger partial charge on any atom is -0.389 e. The van der Waals surface area contributed by atoms with Gasteiger partial charge in [0, 0.05) is 12.2 Å². The van der Waals surface area contributed by atoms with E-state index in [4.69, 9.17) is 34.3 Å². The highest BCUT2D eigenvalue weighted by molar-refractivity contribution is 7.89. The molecule has 0 spiro atoms. The Morgan fingerprint density at radius 1 is 1.52 bits per heavy atom. The molecule has 0 bridgehead atoms. The first kappa shape index (κ1) is 16.6. The lowest BCUT2D eigenvalue weighted by Gasteiger charge is -2.33. The van der Waals surface area contributed by atoms with E-state index in [0.29, 0.717) is 18.8 Å². The van der Waals surface area contributed by atoms with E-state index >= 15 is 0 Å². The number of rotatable bonds is 4. The van der Waals surface area contributed by atoms with Gasteiger partial charge in [0.2, 0.25) is 10.0 Å². The summed E-state index contributed by atoms with van der Waals surface area (Å²) in [5.41, 5.74) is 5.41. The smallest absolute Gasteiger partial charge is 0.242 e. The van der Waals surface area contributed by atoms with Crippen molar-refractivity contribution in [2.45, 2.75) is 30.2 Å². The summed E-state index contributed by atoms with van der Waals surface area (Å²) >= 11 is 10.9. The molecule has 8 heteroatoms. The van der Waals surface area contributed by atoms with E-state index in [9.17, 15) is 8.42 Å². The van der Waals surface area contributed by atoms with E-state index in [-0.39, 0.29) is 14.9 Å². The summed E-state index contributed by atoms with van der Waals surface area (Å²) < 4.78 is 33.0. The van der Waals surface area contributed by atoms with Gasteiger partial charge in [0.25, 0.3) is 0 Å². The van der Waals surface area contributed by atoms with Crippen LogP contribution in [0.5, 0.6) is 0 Å². The number of benzene rings is 1. The molecule has 1 aliphatic rings. The Kier molecular flexibility index (Phi) is 4.89. The minimum absolute atomic E-state index is 0.0102. The normalized spacial score (nSPS) is 23.0. The lowest BCUT2D eigenvalue weighted by Crippen LogP contribution is -2.51. The third-order valence-electron chi connectivity index (χ3n) is 3.32. The molecule has 0 radical (unpaired) electrons. The second kappa shape index (κ2) is 6.18. The molecule has 1 unspecified atom stereocenters. The van der Waals surface area contributed by atoms with Gasteiger partial charge in [-0.2, -0.15) is 0 Å². The molecule has 3 N–H and O–H groups in total. The predicted octanol–water partition coefficient (Wildman–Crippen LogP) is 1.82. The van der Waals surface area contributed by atoms with Crippen LogP contribution in [0.1, 0.15) is 25.3 Å². The second-order valence-electron chi connectivity index (χ2n) is 5.33. The standard InChI is InChI=1S/C13H17ClN2O3S2/c1-13(5-2-6-19-8-13)16-21(17,18)11-4-3-9(12(15)20)7-10(11)14/h3-4,7,16H,2,5-6,8H2,1H3,(H2,15,20). The van der Waals surface area contributed by atoms with E-state index < -0.39 is 15.6 Å². The molecule has 1 aliphatic heterocycles. The third-order valence-corrected chi connectivity index (χ3v) is 5.68. The summed E-state index contributed by atoms with van der Waals surface area (Å²) in [4.78, 5) is 0.178. The first-order valence-corrected chi connectivity index (χ1v) is 8.72. The molecule has 116 valence electrons. The fourth-order valence-corrected chi connectivity index (χ4v) is 4.36. The number of nitrogens with two attached hydrogens (primary N) is 1. The summed E-state index contributed by atoms with van der Waals surface area (Å²) in [5.74, 6) is 0. The molecule has 1 atom stereocenters. The fourth-order valence-electron chi connectivity index (χ4n) is 2.27. The molecule has 1 aromatic carbocycles. The van der Waals surface area contributed by atoms with Crippen LogP contribution in [0, 0.1) is 0 Å². The van der Waals surface area contributed by atoms with Gasteiger partial charge >= 0.3 is 0 Å². The van der Waals surface area contributed by atoms with Crippen molar-refractivity contribution in [3.63, 3.8) is 0 Å². The Morgan fingerprint density at radius 3 is 2.76 bits per heavy atom. The van der Waals surface area contributed by atoms with E-state index in [2.05, 4.69) is 4.72 Å². The third kappa shape index (κ3) is 3.92. The van der Waals surface area contributed by atoms with Crippen molar-refractivity contribution < 1.29 is 13.2 Å². The van der Waals surface area contributed by atoms with Crippen molar-refractivity contribution in [1.82, 2.24) is 4.72 Å². The molecule has 0 amide bonds. The largest absolute Gasteiger partial charge is 0.389 e. The van der Waals surface area contributed by atoms with E-state index in [0.717, 1.165) is 12.8 Å². The maximum absolute atomic E-state index is 12.5. The van der Waals surface area contributed by atoms with Gasteiger partial charge in [-0.05, 0) is 31.9 Å². The lowest BCUT2D eigenvalue weighted by atomic mass is 9.97. The Labute approximate surface area is 134 Å². The number of hydrogen-bond acceptors (Lipinski definition) is 4. The summed E-state index contributed by atoms with van der Waals surface area (Å²) in [7, 11) is -3.74. The van der Waals surface area contributed by atoms with Crippen LogP contribution < -0.4 is 10.5 Å². The van der Waals surface area contributed by atoms with Crippen molar-refractivity contribution in [1.29, 1.82) is 0 Å². The number of hydrogen-bond donors (Lipinski definition) is 2. The van der Waals surface area contributed by atoms with E-state index in [1.807, 2.05) is 6.92 Å². The highest BCUT2D eigenvalue weighted by Gasteiger charge is 2.33. The van der Waals surface area contributed by atoms with Crippen molar-refractivity contribution in [3.8, 4) is 0 Å². The van der Waals surface area contributed by atoms with Gasteiger partial charge in [0.1, 0.15) is 9.88 Å². The molecular formula is C13H17ClN2O3S2. The quantitative estimate of drug-likeness (QED) is 0.811. The van der Waals surface area contributed by atoms with Crippen LogP contribution in [-0.2, 0) is 14.8 Å². The van der Waals surface area contributed by atoms with Gasteiger partial charge in [-0.25, -0.2) is 13.1 Å². The molecule has 0 saturated carbocycles. The first-order chi connectivity index (χ1) is 9.73. The number of halogens is 1. The van der Waals surface area contributed by atoms with Gasteiger partial charge in [-0.1, -0.05) is 29.9 Å². The zero-order valence-corrected chi connectivity index (χ0v) is 13.9. The molecule has 1 saturated heterocycles. The zero-order valence-electron chi connectivity index (χ0n) is 11.6. The number of sulfonamides is 1. The zero-order chi connectivity index (χ0) is 15.7. The predicted molar refractivity (Wildman–Crippen MR) is 86.1 cm³/mol. The van der Waals surface area contributed by atoms with Gasteiger partial charge in [0.15, 0.2) is 0 Å². The summed E-state index contributed by atoms with van der Waals surface area (Å²) in [5, 5.41) is 0.0909. The SMILES string of the molecule is CC1(NS(=O)(=O)c2ccc(C(N)=S)cc2Cl)CCCOC1. The van der Waals surface area contributed by atoms with Crippen LogP contribution in [-0.4, -0.2) is 32.2 Å². The second-order valence-corrected chi connectivity index (χ2v) is 7.83. The van der Waals surface area contributed by atoms with Crippen LogP contribution in [0.3, 0.4) is 0 Å². The van der Waals surface area contributed by atoms with Crippen LogP contribution in [0.25, 0.3) is 0 Å². The molecule has 0 aliphatic carbocycles. The van der Waals surface area contributed by atoms with Gasteiger partial charge in [-0.15, -0.1) is 0 Å². The monoisotopic (exact) mass is 348 g/mol. The van der Waals surface area contributed by atoms with Gasteiger partial charge < -0.3 is 10.5 Å². The van der Waals surface area contributed by atoms with Crippen LogP contribution in [0.2, 0.25) is 5.02 Å². The molecular weight excluding hydrogens is 332 g/mol. The van der Waals surface area contributed by atoms with Crippen molar-refractivity contribution >= 4 is 38.8 Å². The van der Waals surface area contributed by atoms with Gasteiger partial charge in [-0.3, -0.25) is 0 Å². The van der Waals surface area contributed by atoms with Crippen molar-refractivity contribution in [2.24, 2.45) is 5.73 Å². The highest BCUT2D eigenvalue weighted by atomic mass is 35.5. The fraction of sp³-hybridized carbons (Fsp3) is 0.462. The lowest BCUT2D eigenvalue weighted by molar-refractivity contribution is 0.0386. The molecule has 0 aromatic heterocycles. The molecule has 2 rings (SSSR count). The maximum atomic E-state index is 12.5. The molecule has 1 fully saturated rings. The average Bonchev–Trinajstić information content (AvgIpc) is 2.37. The topological polar surface area (TPSA) is 81.4 Å². The van der Waals surface area contributed by atoms with E-state index in [1.165, 1.54) is 12.1 Å². The first-order valence-electron chi connectivity index (χ1n) is 6.45. The van der Waals surface area contributed by atoms with Crippen molar-refractivity contribution in [3.05, 3.63) is 28.8 Å². The molecule has 1 heterocycles. The Balaban J connectivity index is 2.29. The average molecular weight is 349 g/mol. The number of thiocarbonyl (C=S) groups is 1. The van der Waals surface area contributed by atoms with Crippen molar-refractivity contribution in [2.75, 3.05) is 13.2 Å². The molecule has 21 heavy (non-hydrogen) atoms. The Hall–Kier alpha value is -0.730. The Morgan fingerprint density at radius 2 is 2.24 bits per heavy atom. The van der Waals surface area contributed by atoms with E-state index in [1.54, 1.807) is 6.07 Å². The number of nitrogens with one attached hydrogen (secondary N) is 1. The summed E-state index contributed by atoms with van der Waals surface area (Å²) in [6.07, 6.45) is 1.53. The van der Waals surface area contributed by atoms with Crippen LogP contribution in [0.15, 0.2) is 23.1 Å². The summed E-state index contributed by atoms with van der Waals surface area (Å²) in [6.45, 7) is 2.82. The Bertz CT molecular complexity index is 655. The van der Waals surface area contributed by atoms with Crippen LogP contribution >= 0.6 is 23.8 Å². The minimum atomic E-state index is -3.74. The number of ether oxygens (including phenoxy) is 1. The van der Waals surface area contributed by atoms with Gasteiger partial charge in [0.05, 0.1) is 17.2 Å². The molecule has 5 nitrogen and oxygen atoms in total.